The molecule has 0 saturated carbocycles. The minimum Gasteiger partial charge on any atom is -0.271 e. The fourth-order valence-electron chi connectivity index (χ4n) is 1.34. The molecule has 1 aromatic heterocycles. The third kappa shape index (κ3) is 3.17. The number of hydrogen-bond acceptors (Lipinski definition) is 3. The van der Waals surface area contributed by atoms with Gasteiger partial charge in [-0.1, -0.05) is 6.07 Å². The van der Waals surface area contributed by atoms with Gasteiger partial charge in [-0.3, -0.25) is 16.3 Å². The molecule has 0 aromatic carbocycles. The molecule has 14 heavy (non-hydrogen) atoms. The lowest BCUT2D eigenvalue weighted by molar-refractivity contribution is 0.501. The summed E-state index contributed by atoms with van der Waals surface area (Å²) in [7, 11) is 0. The number of nitrogens with zero attached hydrogens (tertiary/aromatic N) is 1. The molecule has 0 aliphatic rings. The van der Waals surface area contributed by atoms with Crippen molar-refractivity contribution in [1.82, 2.24) is 10.4 Å². The van der Waals surface area contributed by atoms with E-state index in [1.54, 1.807) is 6.20 Å². The summed E-state index contributed by atoms with van der Waals surface area (Å²) in [6, 6.07) is 4.06. The molecular weight excluding hydrogens is 174 g/mol. The second-order valence-corrected chi connectivity index (χ2v) is 3.10. The first-order valence-corrected chi connectivity index (χ1v) is 4.68. The summed E-state index contributed by atoms with van der Waals surface area (Å²) in [5.41, 5.74) is 3.87. The van der Waals surface area contributed by atoms with E-state index in [2.05, 4.69) is 16.3 Å². The van der Waals surface area contributed by atoms with Crippen molar-refractivity contribution in [2.24, 2.45) is 5.84 Å². The maximum atomic E-state index is 5.46. The van der Waals surface area contributed by atoms with Crippen LogP contribution in [-0.4, -0.2) is 4.98 Å². The first-order valence-electron chi connectivity index (χ1n) is 4.68. The van der Waals surface area contributed by atoms with Crippen molar-refractivity contribution in [3.05, 3.63) is 30.1 Å². The van der Waals surface area contributed by atoms with Crippen LogP contribution in [0.25, 0.3) is 0 Å². The van der Waals surface area contributed by atoms with E-state index in [1.807, 2.05) is 18.3 Å². The van der Waals surface area contributed by atoms with E-state index < -0.39 is 0 Å². The van der Waals surface area contributed by atoms with Crippen LogP contribution in [0, 0.1) is 12.3 Å². The largest absolute Gasteiger partial charge is 0.271 e. The number of pyridine rings is 1. The van der Waals surface area contributed by atoms with Crippen LogP contribution >= 0.6 is 0 Å². The summed E-state index contributed by atoms with van der Waals surface area (Å²) in [6.07, 6.45) is 11.4. The van der Waals surface area contributed by atoms with Gasteiger partial charge in [0.2, 0.25) is 0 Å². The fourth-order valence-corrected chi connectivity index (χ4v) is 1.34. The lowest BCUT2D eigenvalue weighted by Crippen LogP contribution is -2.28. The van der Waals surface area contributed by atoms with Gasteiger partial charge in [-0.05, 0) is 24.5 Å². The van der Waals surface area contributed by atoms with E-state index >= 15 is 0 Å². The highest BCUT2D eigenvalue weighted by molar-refractivity contribution is 5.13. The SMILES string of the molecule is C#CCCCC(NN)c1cccnc1. The molecule has 1 aromatic rings. The molecule has 74 valence electrons. The lowest BCUT2D eigenvalue weighted by atomic mass is 10.0. The first-order chi connectivity index (χ1) is 6.88. The minimum atomic E-state index is 0.150. The zero-order chi connectivity index (χ0) is 10.2. The van der Waals surface area contributed by atoms with Crippen LogP contribution in [0.1, 0.15) is 30.9 Å². The highest BCUT2D eigenvalue weighted by atomic mass is 15.2. The van der Waals surface area contributed by atoms with E-state index in [9.17, 15) is 0 Å². The fraction of sp³-hybridized carbons (Fsp3) is 0.364. The predicted molar refractivity (Wildman–Crippen MR) is 57.0 cm³/mol. The Morgan fingerprint density at radius 1 is 1.64 bits per heavy atom. The number of terminal acetylenes is 1. The zero-order valence-corrected chi connectivity index (χ0v) is 8.11. The Hall–Kier alpha value is -1.37. The van der Waals surface area contributed by atoms with E-state index in [0.717, 1.165) is 24.8 Å². The number of hydrazine groups is 1. The second kappa shape index (κ2) is 6.14. The molecule has 0 bridgehead atoms. The van der Waals surface area contributed by atoms with Crippen molar-refractivity contribution >= 4 is 0 Å². The number of nitrogens with one attached hydrogen (secondary N) is 1. The summed E-state index contributed by atoms with van der Waals surface area (Å²) in [4.78, 5) is 4.05. The molecule has 0 aliphatic carbocycles. The molecule has 3 heteroatoms. The van der Waals surface area contributed by atoms with Gasteiger partial charge in [-0.2, -0.15) is 0 Å². The van der Waals surface area contributed by atoms with Crippen LogP contribution in [0.4, 0.5) is 0 Å². The predicted octanol–water partition coefficient (Wildman–Crippen LogP) is 1.39. The van der Waals surface area contributed by atoms with Crippen LogP contribution in [0.2, 0.25) is 0 Å². The van der Waals surface area contributed by atoms with Crippen molar-refractivity contribution < 1.29 is 0 Å². The molecule has 0 spiro atoms. The Bertz CT molecular complexity index is 289. The van der Waals surface area contributed by atoms with E-state index in [4.69, 9.17) is 12.3 Å². The van der Waals surface area contributed by atoms with Gasteiger partial charge in [0, 0.05) is 24.9 Å². The topological polar surface area (TPSA) is 50.9 Å². The van der Waals surface area contributed by atoms with Crippen molar-refractivity contribution in [3.63, 3.8) is 0 Å². The third-order valence-electron chi connectivity index (χ3n) is 2.10. The molecular formula is C11H15N3. The van der Waals surface area contributed by atoms with Gasteiger partial charge in [-0.15, -0.1) is 12.3 Å². The molecule has 1 atom stereocenters. The van der Waals surface area contributed by atoms with Gasteiger partial charge in [0.05, 0.1) is 0 Å². The number of aromatic nitrogens is 1. The number of unbranched alkanes of at least 4 members (excludes halogenated alkanes) is 1. The third-order valence-corrected chi connectivity index (χ3v) is 2.10. The van der Waals surface area contributed by atoms with Crippen LogP contribution in [0.15, 0.2) is 24.5 Å². The Morgan fingerprint density at radius 3 is 3.07 bits per heavy atom. The lowest BCUT2D eigenvalue weighted by Gasteiger charge is -2.14. The summed E-state index contributed by atoms with van der Waals surface area (Å²) in [5.74, 6) is 8.07. The number of hydrogen-bond donors (Lipinski definition) is 2. The van der Waals surface area contributed by atoms with Crippen molar-refractivity contribution in [1.29, 1.82) is 0 Å². The van der Waals surface area contributed by atoms with Gasteiger partial charge in [0.1, 0.15) is 0 Å². The normalized spacial score (nSPS) is 12.0. The Kier molecular flexibility index (Phi) is 4.70. The average Bonchev–Trinajstić information content (AvgIpc) is 2.26. The van der Waals surface area contributed by atoms with E-state index in [0.29, 0.717) is 0 Å². The minimum absolute atomic E-state index is 0.150. The smallest absolute Gasteiger partial charge is 0.0475 e. The van der Waals surface area contributed by atoms with Crippen LogP contribution in [0.3, 0.4) is 0 Å². The maximum Gasteiger partial charge on any atom is 0.0475 e. The summed E-state index contributed by atoms with van der Waals surface area (Å²) in [6.45, 7) is 0. The molecule has 0 radical (unpaired) electrons. The van der Waals surface area contributed by atoms with Crippen molar-refractivity contribution in [2.75, 3.05) is 0 Å². The van der Waals surface area contributed by atoms with Gasteiger partial charge in [0.25, 0.3) is 0 Å². The molecule has 0 amide bonds. The molecule has 0 aliphatic heterocycles. The summed E-state index contributed by atoms with van der Waals surface area (Å²) < 4.78 is 0. The van der Waals surface area contributed by atoms with Gasteiger partial charge in [0.15, 0.2) is 0 Å². The number of nitrogens with two attached hydrogens (primary N) is 1. The summed E-state index contributed by atoms with van der Waals surface area (Å²) >= 11 is 0. The average molecular weight is 189 g/mol. The quantitative estimate of drug-likeness (QED) is 0.318. The standard InChI is InChI=1S/C11H15N3/c1-2-3-4-7-11(14-12)10-6-5-8-13-9-10/h1,5-6,8-9,11,14H,3-4,7,12H2. The highest BCUT2D eigenvalue weighted by Crippen LogP contribution is 2.16. The van der Waals surface area contributed by atoms with Crippen LogP contribution in [0.5, 0.6) is 0 Å². The number of rotatable bonds is 5. The highest BCUT2D eigenvalue weighted by Gasteiger charge is 2.07. The molecule has 1 unspecified atom stereocenters. The Labute approximate surface area is 84.7 Å². The van der Waals surface area contributed by atoms with Crippen LogP contribution in [-0.2, 0) is 0 Å². The Morgan fingerprint density at radius 2 is 2.50 bits per heavy atom. The first kappa shape index (κ1) is 10.7. The van der Waals surface area contributed by atoms with Crippen LogP contribution < -0.4 is 11.3 Å². The van der Waals surface area contributed by atoms with Gasteiger partial charge >= 0.3 is 0 Å². The van der Waals surface area contributed by atoms with Gasteiger partial charge < -0.3 is 0 Å². The van der Waals surface area contributed by atoms with E-state index in [1.165, 1.54) is 0 Å². The molecule has 1 heterocycles. The summed E-state index contributed by atoms with van der Waals surface area (Å²) in [5, 5.41) is 0. The molecule has 1 rings (SSSR count). The van der Waals surface area contributed by atoms with Gasteiger partial charge in [-0.25, -0.2) is 0 Å². The maximum absolute atomic E-state index is 5.46. The monoisotopic (exact) mass is 189 g/mol. The second-order valence-electron chi connectivity index (χ2n) is 3.10. The molecule has 0 fully saturated rings. The molecule has 0 saturated heterocycles. The molecule has 3 N–H and O–H groups in total. The van der Waals surface area contributed by atoms with Crippen molar-refractivity contribution in [2.45, 2.75) is 25.3 Å². The van der Waals surface area contributed by atoms with Crippen molar-refractivity contribution in [3.8, 4) is 12.3 Å². The van der Waals surface area contributed by atoms with E-state index in [-0.39, 0.29) is 6.04 Å². The molecule has 3 nitrogen and oxygen atoms in total. The zero-order valence-electron chi connectivity index (χ0n) is 8.11. The Balaban J connectivity index is 2.51.